The zero-order valence-corrected chi connectivity index (χ0v) is 9.50. The molecule has 0 saturated heterocycles. The van der Waals surface area contributed by atoms with Crippen molar-refractivity contribution >= 4 is 28.3 Å². The van der Waals surface area contributed by atoms with Crippen LogP contribution in [-0.2, 0) is 6.42 Å². The Hall–Kier alpha value is -0.120. The molecule has 0 unspecified atom stereocenters. The lowest BCUT2D eigenvalue weighted by Crippen LogP contribution is -2.01. The summed E-state index contributed by atoms with van der Waals surface area (Å²) >= 11 is 3.29. The van der Waals surface area contributed by atoms with Gasteiger partial charge in [0, 0.05) is 4.47 Å². The van der Waals surface area contributed by atoms with E-state index in [9.17, 15) is 4.39 Å². The highest BCUT2D eigenvalue weighted by atomic mass is 79.9. The molecule has 0 aliphatic carbocycles. The van der Waals surface area contributed by atoms with Gasteiger partial charge in [-0.3, -0.25) is 0 Å². The van der Waals surface area contributed by atoms with Gasteiger partial charge in [0.25, 0.3) is 0 Å². The number of nitrogens with two attached hydrogens (primary N) is 1. The van der Waals surface area contributed by atoms with Crippen LogP contribution in [0.1, 0.15) is 12.0 Å². The predicted molar refractivity (Wildman–Crippen MR) is 58.7 cm³/mol. The van der Waals surface area contributed by atoms with E-state index in [0.717, 1.165) is 16.5 Å². The van der Waals surface area contributed by atoms with Crippen LogP contribution in [-0.4, -0.2) is 6.54 Å². The van der Waals surface area contributed by atoms with Crippen molar-refractivity contribution in [2.75, 3.05) is 6.54 Å². The summed E-state index contributed by atoms with van der Waals surface area (Å²) in [6, 6.07) is 4.96. The van der Waals surface area contributed by atoms with Crippen molar-refractivity contribution in [1.82, 2.24) is 0 Å². The molecule has 0 heterocycles. The fourth-order valence-electron chi connectivity index (χ4n) is 1.03. The van der Waals surface area contributed by atoms with E-state index in [4.69, 9.17) is 5.73 Å². The van der Waals surface area contributed by atoms with Gasteiger partial charge < -0.3 is 5.73 Å². The number of hydrogen-bond donors (Lipinski definition) is 1. The largest absolute Gasteiger partial charge is 0.330 e. The van der Waals surface area contributed by atoms with Gasteiger partial charge in [0.1, 0.15) is 5.82 Å². The first kappa shape index (κ1) is 12.9. The maximum atomic E-state index is 13.0. The van der Waals surface area contributed by atoms with Crippen LogP contribution < -0.4 is 5.73 Å². The van der Waals surface area contributed by atoms with Crippen LogP contribution in [0.5, 0.6) is 0 Å². The Balaban J connectivity index is 0.00000144. The molecule has 0 fully saturated rings. The third-order valence-electron chi connectivity index (χ3n) is 1.66. The fourth-order valence-corrected chi connectivity index (χ4v) is 1.44. The lowest BCUT2D eigenvalue weighted by molar-refractivity contribution is 0.605. The molecule has 1 rings (SSSR count). The molecule has 0 spiro atoms. The molecule has 0 bridgehead atoms. The van der Waals surface area contributed by atoms with E-state index in [1.807, 2.05) is 0 Å². The molecule has 0 amide bonds. The van der Waals surface area contributed by atoms with Crippen LogP contribution in [0.3, 0.4) is 0 Å². The maximum absolute atomic E-state index is 13.0. The Bertz CT molecular complexity index is 268. The van der Waals surface area contributed by atoms with Crippen LogP contribution in [0.4, 0.5) is 4.39 Å². The van der Waals surface area contributed by atoms with E-state index in [1.54, 1.807) is 12.1 Å². The Labute approximate surface area is 92.1 Å². The van der Waals surface area contributed by atoms with Gasteiger partial charge in [-0.15, -0.1) is 12.4 Å². The van der Waals surface area contributed by atoms with E-state index in [0.29, 0.717) is 13.0 Å². The monoisotopic (exact) mass is 267 g/mol. The highest BCUT2D eigenvalue weighted by Crippen LogP contribution is 2.16. The van der Waals surface area contributed by atoms with Crippen LogP contribution in [0, 0.1) is 5.82 Å². The fraction of sp³-hybridized carbons (Fsp3) is 0.333. The number of rotatable bonds is 3. The predicted octanol–water partition coefficient (Wildman–Crippen LogP) is 2.90. The molecule has 0 atom stereocenters. The van der Waals surface area contributed by atoms with E-state index < -0.39 is 0 Å². The summed E-state index contributed by atoms with van der Waals surface area (Å²) in [5.74, 6) is -0.147. The first-order valence-electron chi connectivity index (χ1n) is 3.88. The standard InChI is InChI=1S/C9H11BrFN.ClH/c10-8-3-4-9(11)7(6-8)2-1-5-12;/h3-4,6H,1-2,5,12H2;1H. The van der Waals surface area contributed by atoms with E-state index in [-0.39, 0.29) is 18.2 Å². The zero-order valence-electron chi connectivity index (χ0n) is 7.09. The van der Waals surface area contributed by atoms with E-state index in [2.05, 4.69) is 15.9 Å². The number of benzene rings is 1. The molecule has 1 aromatic rings. The van der Waals surface area contributed by atoms with Crippen molar-refractivity contribution in [3.8, 4) is 0 Å². The topological polar surface area (TPSA) is 26.0 Å². The molecular weight excluding hydrogens is 256 g/mol. The molecule has 0 radical (unpaired) electrons. The minimum atomic E-state index is -0.147. The lowest BCUT2D eigenvalue weighted by atomic mass is 10.1. The number of hydrogen-bond acceptors (Lipinski definition) is 1. The average molecular weight is 269 g/mol. The SMILES string of the molecule is Cl.NCCCc1cc(Br)ccc1F. The Morgan fingerprint density at radius 3 is 2.69 bits per heavy atom. The van der Waals surface area contributed by atoms with Crippen LogP contribution >= 0.6 is 28.3 Å². The van der Waals surface area contributed by atoms with Gasteiger partial charge in [-0.2, -0.15) is 0 Å². The van der Waals surface area contributed by atoms with Gasteiger partial charge in [-0.1, -0.05) is 15.9 Å². The van der Waals surface area contributed by atoms with Gasteiger partial charge in [0.2, 0.25) is 0 Å². The number of aryl methyl sites for hydroxylation is 1. The second-order valence-corrected chi connectivity index (χ2v) is 3.54. The molecule has 0 aromatic heterocycles. The smallest absolute Gasteiger partial charge is 0.126 e. The summed E-state index contributed by atoms with van der Waals surface area (Å²) in [5, 5.41) is 0. The molecule has 1 nitrogen and oxygen atoms in total. The third kappa shape index (κ3) is 4.07. The first-order chi connectivity index (χ1) is 5.74. The highest BCUT2D eigenvalue weighted by Gasteiger charge is 2.01. The lowest BCUT2D eigenvalue weighted by Gasteiger charge is -2.01. The van der Waals surface area contributed by atoms with E-state index in [1.165, 1.54) is 6.07 Å². The van der Waals surface area contributed by atoms with Gasteiger partial charge in [-0.05, 0) is 43.1 Å². The Morgan fingerprint density at radius 1 is 1.38 bits per heavy atom. The molecule has 0 aliphatic rings. The highest BCUT2D eigenvalue weighted by molar-refractivity contribution is 9.10. The average Bonchev–Trinajstić information content (AvgIpc) is 2.07. The first-order valence-corrected chi connectivity index (χ1v) is 4.67. The second-order valence-electron chi connectivity index (χ2n) is 2.63. The van der Waals surface area contributed by atoms with Crippen molar-refractivity contribution in [3.63, 3.8) is 0 Å². The summed E-state index contributed by atoms with van der Waals surface area (Å²) in [5.41, 5.74) is 6.06. The van der Waals surface area contributed by atoms with E-state index >= 15 is 0 Å². The van der Waals surface area contributed by atoms with Crippen molar-refractivity contribution < 1.29 is 4.39 Å². The van der Waals surface area contributed by atoms with Crippen LogP contribution in [0.25, 0.3) is 0 Å². The van der Waals surface area contributed by atoms with Gasteiger partial charge in [0.05, 0.1) is 0 Å². The molecule has 0 saturated carbocycles. The van der Waals surface area contributed by atoms with Crippen LogP contribution in [0.2, 0.25) is 0 Å². The second kappa shape index (κ2) is 6.35. The molecule has 13 heavy (non-hydrogen) atoms. The molecule has 2 N–H and O–H groups in total. The summed E-state index contributed by atoms with van der Waals surface area (Å²) in [6.07, 6.45) is 1.54. The normalized spacial score (nSPS) is 9.46. The van der Waals surface area contributed by atoms with Gasteiger partial charge in [0.15, 0.2) is 0 Å². The molecular formula is C9H12BrClFN. The van der Waals surface area contributed by atoms with Crippen molar-refractivity contribution in [1.29, 1.82) is 0 Å². The Morgan fingerprint density at radius 2 is 2.08 bits per heavy atom. The molecule has 4 heteroatoms. The minimum Gasteiger partial charge on any atom is -0.330 e. The van der Waals surface area contributed by atoms with Crippen LogP contribution in [0.15, 0.2) is 22.7 Å². The minimum absolute atomic E-state index is 0. The molecule has 1 aromatic carbocycles. The Kier molecular flexibility index (Phi) is 6.29. The summed E-state index contributed by atoms with van der Waals surface area (Å²) < 4.78 is 13.9. The number of halogens is 3. The van der Waals surface area contributed by atoms with Gasteiger partial charge >= 0.3 is 0 Å². The zero-order chi connectivity index (χ0) is 8.97. The van der Waals surface area contributed by atoms with Crippen molar-refractivity contribution in [3.05, 3.63) is 34.1 Å². The summed E-state index contributed by atoms with van der Waals surface area (Å²) in [6.45, 7) is 0.603. The van der Waals surface area contributed by atoms with Crippen molar-refractivity contribution in [2.24, 2.45) is 5.73 Å². The summed E-state index contributed by atoms with van der Waals surface area (Å²) in [4.78, 5) is 0. The van der Waals surface area contributed by atoms with Crippen molar-refractivity contribution in [2.45, 2.75) is 12.8 Å². The maximum Gasteiger partial charge on any atom is 0.126 e. The van der Waals surface area contributed by atoms with Gasteiger partial charge in [-0.25, -0.2) is 4.39 Å². The molecule has 74 valence electrons. The third-order valence-corrected chi connectivity index (χ3v) is 2.15. The summed E-state index contributed by atoms with van der Waals surface area (Å²) in [7, 11) is 0. The molecule has 0 aliphatic heterocycles. The quantitative estimate of drug-likeness (QED) is 0.896.